The second kappa shape index (κ2) is 17.2. The summed E-state index contributed by atoms with van der Waals surface area (Å²) in [7, 11) is 0. The SMILES string of the molecule is O=C(/C=C/c1ccc(O)c(Cc2cnc[nH]2)c1)N1c2cc(O[C@]3(O)O[C@H](CO)[C@@H](O)[C@H](O)[C@H]3O)c(O)cc2[C@@H]2[C@@]1(C(=O)O)C=C1C[C@@H](CO)CC[C@]12[C@@]12c3c(O)cccc3CC[C@@H]1CCC[C@H]2CO. The molecule has 2 aliphatic heterocycles. The number of benzene rings is 3. The standard InChI is InChI=1S/C51H57N3O15/c55-22-27-13-14-48(50-30(4-2-5-31(50)23-56)10-9-28-3-1-6-37(59)42(28)50)32(16-27)20-49(47(65)66)45(48)34-18-38(60)39(68-51(67)46(64)44(63)43(62)40(24-57)69-51)19-35(34)54(49)41(61)12-8-26-7-11-36(58)29(15-26)17-33-21-52-25-53-33/h1,3,6-8,11-12,15,18-21,25,27,30-31,40,43-46,55-60,62-64,67H,2,4-5,9-10,13-14,16-17,22-24H2,(H,52,53)(H,65,66)/b12-8+/t27-,30-,31-,40+,43+,44-,45-,46+,48-,49+,50-,51-/m0/s1. The zero-order chi connectivity index (χ0) is 48.8. The number of carboxylic acids is 1. The maximum Gasteiger partial charge on any atom is 0.355 e. The van der Waals surface area contributed by atoms with Gasteiger partial charge in [-0.15, -0.1) is 0 Å². The van der Waals surface area contributed by atoms with Gasteiger partial charge in [-0.25, -0.2) is 9.78 Å². The van der Waals surface area contributed by atoms with Gasteiger partial charge in [0.1, 0.15) is 29.8 Å². The minimum atomic E-state index is -3.21. The molecule has 366 valence electrons. The normalized spacial score (nSPS) is 34.6. The number of aromatic amines is 1. The van der Waals surface area contributed by atoms with Gasteiger partial charge in [0.25, 0.3) is 5.91 Å². The zero-order valence-corrected chi connectivity index (χ0v) is 37.6. The Balaban J connectivity index is 1.21. The lowest BCUT2D eigenvalue weighted by molar-refractivity contribution is -0.422. The summed E-state index contributed by atoms with van der Waals surface area (Å²) in [4.78, 5) is 38.4. The number of nitrogens with one attached hydrogen (secondary N) is 1. The number of nitrogens with zero attached hydrogens (tertiary/aromatic N) is 2. The van der Waals surface area contributed by atoms with Gasteiger partial charge >= 0.3 is 11.9 Å². The predicted octanol–water partition coefficient (Wildman–Crippen LogP) is 2.59. The van der Waals surface area contributed by atoms with E-state index in [1.54, 1.807) is 36.5 Å². The lowest BCUT2D eigenvalue weighted by Crippen LogP contribution is -2.67. The van der Waals surface area contributed by atoms with Gasteiger partial charge in [-0.3, -0.25) is 9.69 Å². The van der Waals surface area contributed by atoms with Crippen LogP contribution in [0.2, 0.25) is 0 Å². The van der Waals surface area contributed by atoms with Gasteiger partial charge in [0, 0.05) is 71.5 Å². The molecule has 3 heterocycles. The number of fused-ring (bicyclic) bond motifs is 9. The summed E-state index contributed by atoms with van der Waals surface area (Å²) < 4.78 is 11.1. The Hall–Kier alpha value is -5.83. The number of amides is 1. The number of aromatic nitrogens is 2. The molecule has 10 rings (SSSR count). The number of hydrogen-bond acceptors (Lipinski definition) is 15. The number of aliphatic hydroxyl groups excluding tert-OH is 6. The fraction of sp³-hybridized carbons (Fsp3) is 0.471. The molecule has 18 nitrogen and oxygen atoms in total. The molecular weight excluding hydrogens is 895 g/mol. The number of aryl methyl sites for hydroxylation is 1. The highest BCUT2D eigenvalue weighted by Gasteiger charge is 2.78. The zero-order valence-electron chi connectivity index (χ0n) is 37.6. The maximum atomic E-state index is 15.4. The Morgan fingerprint density at radius 3 is 2.46 bits per heavy atom. The number of carbonyl (C=O) groups is 2. The van der Waals surface area contributed by atoms with Gasteiger partial charge in [0.05, 0.1) is 18.6 Å². The number of carbonyl (C=O) groups excluding carboxylic acids is 1. The van der Waals surface area contributed by atoms with Crippen LogP contribution in [-0.4, -0.2) is 134 Å². The number of phenols is 3. The van der Waals surface area contributed by atoms with Crippen molar-refractivity contribution in [2.24, 2.45) is 23.2 Å². The molecule has 69 heavy (non-hydrogen) atoms. The van der Waals surface area contributed by atoms with Crippen LogP contribution in [0.1, 0.15) is 84.4 Å². The van der Waals surface area contributed by atoms with Crippen LogP contribution in [0.15, 0.2) is 78.8 Å². The Kier molecular flexibility index (Phi) is 11.7. The number of H-pyrrole nitrogens is 1. The summed E-state index contributed by atoms with van der Waals surface area (Å²) in [6.45, 7) is -1.45. The van der Waals surface area contributed by atoms with Crippen molar-refractivity contribution in [2.45, 2.75) is 105 Å². The number of aromatic hydroxyl groups is 3. The maximum absolute atomic E-state index is 15.4. The van der Waals surface area contributed by atoms with Gasteiger partial charge in [-0.1, -0.05) is 30.2 Å². The number of hydrogen-bond donors (Lipinski definition) is 12. The summed E-state index contributed by atoms with van der Waals surface area (Å²) >= 11 is 0. The van der Waals surface area contributed by atoms with E-state index in [4.69, 9.17) is 9.47 Å². The van der Waals surface area contributed by atoms with Crippen molar-refractivity contribution in [1.29, 1.82) is 0 Å². The van der Waals surface area contributed by atoms with Crippen molar-refractivity contribution in [1.82, 2.24) is 9.97 Å². The third-order valence-corrected chi connectivity index (χ3v) is 16.5. The van der Waals surface area contributed by atoms with Crippen LogP contribution >= 0.6 is 0 Å². The summed E-state index contributed by atoms with van der Waals surface area (Å²) in [6.07, 6.45) is 3.79. The highest BCUT2D eigenvalue weighted by molar-refractivity contribution is 6.13. The van der Waals surface area contributed by atoms with Gasteiger partial charge in [-0.05, 0) is 116 Å². The van der Waals surface area contributed by atoms with E-state index in [2.05, 4.69) is 9.97 Å². The average molecular weight is 952 g/mol. The van der Waals surface area contributed by atoms with Crippen LogP contribution in [0.3, 0.4) is 0 Å². The van der Waals surface area contributed by atoms with E-state index in [0.717, 1.165) is 23.0 Å². The first-order chi connectivity index (χ1) is 33.1. The quantitative estimate of drug-likeness (QED) is 0.0584. The second-order valence-electron chi connectivity index (χ2n) is 19.7. The number of anilines is 1. The average Bonchev–Trinajstić information content (AvgIpc) is 4.04. The lowest BCUT2D eigenvalue weighted by atomic mass is 9.37. The first kappa shape index (κ1) is 46.9. The largest absolute Gasteiger partial charge is 0.508 e. The summed E-state index contributed by atoms with van der Waals surface area (Å²) in [5.74, 6) is -9.08. The number of rotatable bonds is 11. The molecule has 6 aliphatic rings. The predicted molar refractivity (Wildman–Crippen MR) is 244 cm³/mol. The monoisotopic (exact) mass is 951 g/mol. The Bertz CT molecular complexity index is 2730. The molecule has 1 aromatic heterocycles. The molecule has 4 aromatic rings. The third kappa shape index (κ3) is 6.78. The smallest absolute Gasteiger partial charge is 0.355 e. The molecule has 12 N–H and O–H groups in total. The van der Waals surface area contributed by atoms with E-state index >= 15 is 4.79 Å². The van der Waals surface area contributed by atoms with Gasteiger partial charge in [0.2, 0.25) is 0 Å². The summed E-state index contributed by atoms with van der Waals surface area (Å²) in [6, 6.07) is 12.4. The third-order valence-electron chi connectivity index (χ3n) is 16.5. The van der Waals surface area contributed by atoms with Crippen LogP contribution in [0.4, 0.5) is 5.69 Å². The molecule has 3 fully saturated rings. The number of aliphatic hydroxyl groups is 7. The van der Waals surface area contributed by atoms with Crippen molar-refractivity contribution < 1.29 is 75.2 Å². The van der Waals surface area contributed by atoms with Crippen LogP contribution in [0.5, 0.6) is 23.0 Å². The van der Waals surface area contributed by atoms with Crippen molar-refractivity contribution in [3.63, 3.8) is 0 Å². The van der Waals surface area contributed by atoms with E-state index in [1.807, 2.05) is 6.07 Å². The molecule has 12 atom stereocenters. The topological polar surface area (TPSA) is 307 Å². The fourth-order valence-corrected chi connectivity index (χ4v) is 13.9. The molecule has 0 bridgehead atoms. The van der Waals surface area contributed by atoms with Gasteiger partial charge < -0.3 is 70.6 Å². The highest BCUT2D eigenvalue weighted by Crippen LogP contribution is 2.78. The number of phenolic OH excluding ortho intramolecular Hbond substituents is 3. The van der Waals surface area contributed by atoms with Crippen molar-refractivity contribution in [3.05, 3.63) is 112 Å². The van der Waals surface area contributed by atoms with E-state index in [-0.39, 0.29) is 67.1 Å². The first-order valence-electron chi connectivity index (χ1n) is 23.5. The molecule has 0 radical (unpaired) electrons. The van der Waals surface area contributed by atoms with Crippen molar-refractivity contribution >= 4 is 23.6 Å². The number of aliphatic carboxylic acids is 1. The van der Waals surface area contributed by atoms with E-state index < -0.39 is 88.6 Å². The number of carboxylic acid groups (broad SMARTS) is 1. The molecule has 3 aromatic carbocycles. The molecule has 2 saturated carbocycles. The molecule has 0 spiro atoms. The highest BCUT2D eigenvalue weighted by atomic mass is 16.8. The second-order valence-corrected chi connectivity index (χ2v) is 19.7. The van der Waals surface area contributed by atoms with Gasteiger partial charge in [0.15, 0.2) is 23.1 Å². The Morgan fingerprint density at radius 2 is 1.74 bits per heavy atom. The minimum Gasteiger partial charge on any atom is -0.508 e. The summed E-state index contributed by atoms with van der Waals surface area (Å²) in [5.41, 5.74) is -0.813. The summed E-state index contributed by atoms with van der Waals surface area (Å²) in [5, 5.41) is 123. The number of allylic oxidation sites excluding steroid dienone is 1. The van der Waals surface area contributed by atoms with Crippen LogP contribution in [-0.2, 0) is 32.6 Å². The molecule has 4 aliphatic carbocycles. The molecular formula is C51H57N3O15. The molecule has 18 heteroatoms. The minimum absolute atomic E-state index is 0.00219. The first-order valence-corrected chi connectivity index (χ1v) is 23.5. The Morgan fingerprint density at radius 1 is 0.928 bits per heavy atom. The molecule has 1 amide bonds. The van der Waals surface area contributed by atoms with E-state index in [9.17, 15) is 61.0 Å². The number of ether oxygens (including phenoxy) is 2. The van der Waals surface area contributed by atoms with Gasteiger partial charge in [-0.2, -0.15) is 0 Å². The van der Waals surface area contributed by atoms with Crippen LogP contribution in [0.25, 0.3) is 6.08 Å². The fourth-order valence-electron chi connectivity index (χ4n) is 13.9. The number of imidazole rings is 1. The Labute approximate surface area is 396 Å². The van der Waals surface area contributed by atoms with E-state index in [0.29, 0.717) is 60.1 Å². The van der Waals surface area contributed by atoms with E-state index in [1.165, 1.54) is 30.6 Å². The van der Waals surface area contributed by atoms with Crippen molar-refractivity contribution in [2.75, 3.05) is 24.7 Å². The van der Waals surface area contributed by atoms with Crippen molar-refractivity contribution in [3.8, 4) is 23.0 Å². The molecule has 0 unspecified atom stereocenters. The van der Waals surface area contributed by atoms with Crippen LogP contribution < -0.4 is 9.64 Å². The lowest BCUT2D eigenvalue weighted by Gasteiger charge is -2.66. The molecule has 1 saturated heterocycles. The van der Waals surface area contributed by atoms with Crippen LogP contribution in [0, 0.1) is 23.2 Å².